The minimum absolute atomic E-state index is 0.243. The smallest absolute Gasteiger partial charge is 0.306 e. The normalized spacial score (nSPS) is 11.8. The van der Waals surface area contributed by atoms with Gasteiger partial charge in [0.15, 0.2) is 4.34 Å². The topological polar surface area (TPSA) is 112 Å². The third kappa shape index (κ3) is 6.27. The standard InChI is InChI=1S/C21H21N5O2S2/c1-13(2)8-15(20(27)28)10-17-25-18(24-16-5-3-4-14(9-16)12-22)11-19(26-17)30-21-23-6-7-29-21/h3-7,9,11,13,15H,8,10H2,1-2H3,(H,27,28)(H,24,25,26)/t15-/m0/s1. The number of aromatic nitrogens is 3. The van der Waals surface area contributed by atoms with Crippen LogP contribution in [0.1, 0.15) is 31.7 Å². The van der Waals surface area contributed by atoms with Gasteiger partial charge in [0, 0.05) is 29.8 Å². The number of carboxylic acids is 1. The number of carboxylic acid groups (broad SMARTS) is 1. The molecule has 0 saturated carbocycles. The van der Waals surface area contributed by atoms with Gasteiger partial charge in [0.05, 0.1) is 17.6 Å². The predicted octanol–water partition coefficient (Wildman–Crippen LogP) is 4.99. The van der Waals surface area contributed by atoms with Crippen molar-refractivity contribution in [2.24, 2.45) is 11.8 Å². The second kappa shape index (κ2) is 10.2. The first-order valence-electron chi connectivity index (χ1n) is 9.38. The molecule has 30 heavy (non-hydrogen) atoms. The summed E-state index contributed by atoms with van der Waals surface area (Å²) in [5.74, 6) is -0.141. The van der Waals surface area contributed by atoms with E-state index in [4.69, 9.17) is 5.26 Å². The van der Waals surface area contributed by atoms with Crippen molar-refractivity contribution in [1.29, 1.82) is 5.26 Å². The van der Waals surface area contributed by atoms with Crippen molar-refractivity contribution in [3.8, 4) is 6.07 Å². The lowest BCUT2D eigenvalue weighted by molar-refractivity contribution is -0.142. The maximum absolute atomic E-state index is 11.7. The van der Waals surface area contributed by atoms with Crippen LogP contribution in [0.4, 0.5) is 11.5 Å². The van der Waals surface area contributed by atoms with Crippen molar-refractivity contribution in [2.45, 2.75) is 36.1 Å². The average molecular weight is 440 g/mol. The lowest BCUT2D eigenvalue weighted by Gasteiger charge is -2.15. The average Bonchev–Trinajstić information content (AvgIpc) is 3.20. The number of thiazole rings is 1. The van der Waals surface area contributed by atoms with Crippen molar-refractivity contribution >= 4 is 40.6 Å². The zero-order valence-electron chi connectivity index (χ0n) is 16.6. The molecule has 0 saturated heterocycles. The molecule has 0 fully saturated rings. The summed E-state index contributed by atoms with van der Waals surface area (Å²) in [4.78, 5) is 25.1. The van der Waals surface area contributed by atoms with Crippen LogP contribution in [-0.2, 0) is 11.2 Å². The summed E-state index contributed by atoms with van der Waals surface area (Å²) in [6.07, 6.45) is 2.52. The number of anilines is 2. The predicted molar refractivity (Wildman–Crippen MR) is 117 cm³/mol. The van der Waals surface area contributed by atoms with E-state index in [9.17, 15) is 9.90 Å². The van der Waals surface area contributed by atoms with Crippen LogP contribution in [0.5, 0.6) is 0 Å². The number of nitrogens with one attached hydrogen (secondary N) is 1. The molecule has 2 N–H and O–H groups in total. The van der Waals surface area contributed by atoms with Crippen molar-refractivity contribution in [3.05, 3.63) is 53.3 Å². The molecule has 7 nitrogen and oxygen atoms in total. The number of hydrogen-bond acceptors (Lipinski definition) is 8. The van der Waals surface area contributed by atoms with E-state index in [-0.39, 0.29) is 12.3 Å². The van der Waals surface area contributed by atoms with Crippen molar-refractivity contribution in [1.82, 2.24) is 15.0 Å². The lowest BCUT2D eigenvalue weighted by atomic mass is 9.94. The Morgan fingerprint density at radius 3 is 2.83 bits per heavy atom. The summed E-state index contributed by atoms with van der Waals surface area (Å²) in [7, 11) is 0. The zero-order chi connectivity index (χ0) is 21.5. The van der Waals surface area contributed by atoms with Crippen LogP contribution < -0.4 is 5.32 Å². The first-order chi connectivity index (χ1) is 14.4. The number of rotatable bonds is 9. The van der Waals surface area contributed by atoms with Gasteiger partial charge in [-0.1, -0.05) is 19.9 Å². The first kappa shape index (κ1) is 21.7. The summed E-state index contributed by atoms with van der Waals surface area (Å²) < 4.78 is 0.842. The molecule has 0 bridgehead atoms. The van der Waals surface area contributed by atoms with Gasteiger partial charge in [-0.05, 0) is 42.3 Å². The van der Waals surface area contributed by atoms with E-state index in [1.54, 1.807) is 30.5 Å². The number of nitrogens with zero attached hydrogens (tertiary/aromatic N) is 4. The Labute approximate surface area is 183 Å². The van der Waals surface area contributed by atoms with E-state index in [1.165, 1.54) is 23.1 Å². The molecule has 154 valence electrons. The molecule has 9 heteroatoms. The molecule has 0 aliphatic rings. The molecule has 0 amide bonds. The molecule has 0 spiro atoms. The first-order valence-corrected chi connectivity index (χ1v) is 11.1. The highest BCUT2D eigenvalue weighted by Gasteiger charge is 2.22. The minimum atomic E-state index is -0.846. The molecule has 0 aliphatic carbocycles. The Morgan fingerprint density at radius 2 is 2.17 bits per heavy atom. The summed E-state index contributed by atoms with van der Waals surface area (Å²) in [6, 6.07) is 11.0. The minimum Gasteiger partial charge on any atom is -0.481 e. The monoisotopic (exact) mass is 439 g/mol. The number of nitriles is 1. The van der Waals surface area contributed by atoms with E-state index in [2.05, 4.69) is 26.3 Å². The van der Waals surface area contributed by atoms with Crippen LogP contribution in [0.2, 0.25) is 0 Å². The fourth-order valence-electron chi connectivity index (χ4n) is 2.91. The molecule has 0 radical (unpaired) electrons. The molecule has 3 rings (SSSR count). The van der Waals surface area contributed by atoms with Gasteiger partial charge in [0.2, 0.25) is 0 Å². The van der Waals surface area contributed by atoms with Gasteiger partial charge >= 0.3 is 5.97 Å². The number of carbonyl (C=O) groups is 1. The third-order valence-corrected chi connectivity index (χ3v) is 5.95. The van der Waals surface area contributed by atoms with Crippen LogP contribution >= 0.6 is 23.1 Å². The van der Waals surface area contributed by atoms with Crippen molar-refractivity contribution in [2.75, 3.05) is 5.32 Å². The van der Waals surface area contributed by atoms with Crippen LogP contribution in [-0.4, -0.2) is 26.0 Å². The molecule has 0 aliphatic heterocycles. The fourth-order valence-corrected chi connectivity index (χ4v) is 4.49. The molecule has 2 heterocycles. The molecule has 2 aromatic heterocycles. The largest absolute Gasteiger partial charge is 0.481 e. The Hall–Kier alpha value is -2.96. The summed E-state index contributed by atoms with van der Waals surface area (Å²) in [5.41, 5.74) is 1.26. The summed E-state index contributed by atoms with van der Waals surface area (Å²) >= 11 is 2.91. The van der Waals surface area contributed by atoms with Gasteiger partial charge < -0.3 is 10.4 Å². The number of benzene rings is 1. The van der Waals surface area contributed by atoms with Crippen LogP contribution in [0.15, 0.2) is 51.3 Å². The Bertz CT molecular complexity index is 1050. The molecular weight excluding hydrogens is 418 g/mol. The third-order valence-electron chi connectivity index (χ3n) is 4.15. The highest BCUT2D eigenvalue weighted by atomic mass is 32.2. The van der Waals surface area contributed by atoms with Crippen LogP contribution in [0.25, 0.3) is 0 Å². The summed E-state index contributed by atoms with van der Waals surface area (Å²) in [6.45, 7) is 4.00. The Kier molecular flexibility index (Phi) is 7.38. The Morgan fingerprint density at radius 1 is 1.33 bits per heavy atom. The number of hydrogen-bond donors (Lipinski definition) is 2. The van der Waals surface area contributed by atoms with E-state index < -0.39 is 11.9 Å². The number of aliphatic carboxylic acids is 1. The van der Waals surface area contributed by atoms with Crippen molar-refractivity contribution in [3.63, 3.8) is 0 Å². The highest BCUT2D eigenvalue weighted by molar-refractivity contribution is 8.01. The second-order valence-electron chi connectivity index (χ2n) is 7.09. The fraction of sp³-hybridized carbons (Fsp3) is 0.286. The van der Waals surface area contributed by atoms with Gasteiger partial charge in [0.25, 0.3) is 0 Å². The SMILES string of the molecule is CC(C)C[C@@H](Cc1nc(Nc2cccc(C#N)c2)cc(Sc2nccs2)n1)C(=O)O. The molecule has 0 unspecified atom stereocenters. The zero-order valence-corrected chi connectivity index (χ0v) is 18.2. The van der Waals surface area contributed by atoms with Gasteiger partial charge in [-0.2, -0.15) is 5.26 Å². The Balaban J connectivity index is 1.91. The van der Waals surface area contributed by atoms with E-state index >= 15 is 0 Å². The van der Waals surface area contributed by atoms with E-state index in [0.29, 0.717) is 28.7 Å². The highest BCUT2D eigenvalue weighted by Crippen LogP contribution is 2.30. The van der Waals surface area contributed by atoms with Crippen LogP contribution in [0, 0.1) is 23.2 Å². The van der Waals surface area contributed by atoms with Gasteiger partial charge in [0.1, 0.15) is 16.7 Å². The van der Waals surface area contributed by atoms with E-state index in [1.807, 2.05) is 25.3 Å². The van der Waals surface area contributed by atoms with Crippen molar-refractivity contribution < 1.29 is 9.90 Å². The molecule has 1 atom stereocenters. The quantitative estimate of drug-likeness (QED) is 0.449. The van der Waals surface area contributed by atoms with Gasteiger partial charge in [-0.3, -0.25) is 4.79 Å². The van der Waals surface area contributed by atoms with Crippen LogP contribution in [0.3, 0.4) is 0 Å². The second-order valence-corrected chi connectivity index (χ2v) is 9.26. The molecule has 1 aromatic carbocycles. The van der Waals surface area contributed by atoms with Gasteiger partial charge in [-0.15, -0.1) is 11.3 Å². The lowest BCUT2D eigenvalue weighted by Crippen LogP contribution is -2.20. The maximum atomic E-state index is 11.7. The summed E-state index contributed by atoms with van der Waals surface area (Å²) in [5, 5.41) is 24.5. The molecule has 3 aromatic rings. The maximum Gasteiger partial charge on any atom is 0.306 e. The molecular formula is C21H21N5O2S2. The van der Waals surface area contributed by atoms with E-state index in [0.717, 1.165) is 10.0 Å². The van der Waals surface area contributed by atoms with Gasteiger partial charge in [-0.25, -0.2) is 15.0 Å².